The minimum absolute atomic E-state index is 0.396. The van der Waals surface area contributed by atoms with Gasteiger partial charge in [0.05, 0.1) is 11.6 Å². The number of oxazole rings is 1. The summed E-state index contributed by atoms with van der Waals surface area (Å²) >= 11 is 5.72. The second kappa shape index (κ2) is 4.38. The molecule has 0 unspecified atom stereocenters. The average Bonchev–Trinajstić information content (AvgIpc) is 2.87. The Balaban J connectivity index is 1.98. The number of rotatable bonds is 2. The zero-order chi connectivity index (χ0) is 11.7. The Morgan fingerprint density at radius 2 is 2.12 bits per heavy atom. The number of aromatic nitrogens is 1. The zero-order valence-corrected chi connectivity index (χ0v) is 10.1. The van der Waals surface area contributed by atoms with E-state index in [0.717, 1.165) is 24.1 Å². The van der Waals surface area contributed by atoms with E-state index < -0.39 is 0 Å². The largest absolute Gasteiger partial charge is 0.444 e. The van der Waals surface area contributed by atoms with E-state index in [2.05, 4.69) is 35.3 Å². The Labute approximate surface area is 105 Å². The van der Waals surface area contributed by atoms with Crippen LogP contribution in [0.1, 0.15) is 29.1 Å². The maximum atomic E-state index is 5.72. The molecule has 0 fully saturated rings. The topological polar surface area (TPSA) is 26.0 Å². The van der Waals surface area contributed by atoms with E-state index in [-0.39, 0.29) is 0 Å². The van der Waals surface area contributed by atoms with Crippen LogP contribution in [0.25, 0.3) is 11.6 Å². The molecular weight excluding hydrogens is 234 g/mol. The summed E-state index contributed by atoms with van der Waals surface area (Å²) < 4.78 is 5.45. The number of allylic oxidation sites excluding steroid dienone is 1. The first-order valence-corrected chi connectivity index (χ1v) is 6.19. The van der Waals surface area contributed by atoms with Gasteiger partial charge >= 0.3 is 0 Å². The van der Waals surface area contributed by atoms with Crippen LogP contribution in [0, 0.1) is 0 Å². The summed E-state index contributed by atoms with van der Waals surface area (Å²) in [5, 5.41) is 0. The van der Waals surface area contributed by atoms with Crippen molar-refractivity contribution in [3.8, 4) is 0 Å². The molecule has 0 saturated carbocycles. The van der Waals surface area contributed by atoms with Crippen LogP contribution in [-0.4, -0.2) is 4.98 Å². The lowest BCUT2D eigenvalue weighted by Gasteiger charge is -2.13. The number of benzene rings is 1. The van der Waals surface area contributed by atoms with Crippen LogP contribution in [0.2, 0.25) is 0 Å². The lowest BCUT2D eigenvalue weighted by atomic mass is 9.92. The van der Waals surface area contributed by atoms with E-state index >= 15 is 0 Å². The Bertz CT molecular complexity index is 571. The van der Waals surface area contributed by atoms with Crippen LogP contribution in [0.4, 0.5) is 0 Å². The number of halogens is 1. The molecule has 2 nitrogen and oxygen atoms in total. The van der Waals surface area contributed by atoms with Crippen LogP contribution >= 0.6 is 11.6 Å². The molecule has 1 heterocycles. The fourth-order valence-corrected chi connectivity index (χ4v) is 2.24. The van der Waals surface area contributed by atoms with Gasteiger partial charge in [-0.3, -0.25) is 0 Å². The SMILES string of the molecule is ClCc1coc(C2=Cc3ccccc3CC2)n1. The quantitative estimate of drug-likeness (QED) is 0.750. The van der Waals surface area contributed by atoms with Gasteiger partial charge in [0.15, 0.2) is 0 Å². The Morgan fingerprint density at radius 1 is 1.24 bits per heavy atom. The molecule has 1 aliphatic carbocycles. The van der Waals surface area contributed by atoms with E-state index in [1.54, 1.807) is 6.26 Å². The van der Waals surface area contributed by atoms with Gasteiger partial charge in [-0.05, 0) is 30.0 Å². The zero-order valence-electron chi connectivity index (χ0n) is 9.32. The van der Waals surface area contributed by atoms with Crippen molar-refractivity contribution in [3.05, 3.63) is 53.2 Å². The molecule has 86 valence electrons. The number of hydrogen-bond donors (Lipinski definition) is 0. The molecule has 0 spiro atoms. The molecular formula is C14H12ClNO. The molecule has 2 aromatic rings. The summed E-state index contributed by atoms with van der Waals surface area (Å²) in [6, 6.07) is 8.43. The molecule has 1 aliphatic rings. The van der Waals surface area contributed by atoms with Crippen molar-refractivity contribution >= 4 is 23.3 Å². The molecule has 0 bridgehead atoms. The third-order valence-corrected chi connectivity index (χ3v) is 3.29. The summed E-state index contributed by atoms with van der Waals surface area (Å²) in [5.41, 5.74) is 4.60. The van der Waals surface area contributed by atoms with Crippen molar-refractivity contribution in [2.75, 3.05) is 0 Å². The molecule has 1 aromatic heterocycles. The van der Waals surface area contributed by atoms with Crippen molar-refractivity contribution in [2.24, 2.45) is 0 Å². The number of nitrogens with zero attached hydrogens (tertiary/aromatic N) is 1. The molecule has 0 amide bonds. The van der Waals surface area contributed by atoms with Gasteiger partial charge in [0.25, 0.3) is 0 Å². The Morgan fingerprint density at radius 3 is 2.94 bits per heavy atom. The highest BCUT2D eigenvalue weighted by atomic mass is 35.5. The van der Waals surface area contributed by atoms with Gasteiger partial charge in [0.2, 0.25) is 5.89 Å². The van der Waals surface area contributed by atoms with Crippen molar-refractivity contribution in [1.82, 2.24) is 4.98 Å². The minimum atomic E-state index is 0.396. The highest BCUT2D eigenvalue weighted by Crippen LogP contribution is 2.29. The first-order valence-electron chi connectivity index (χ1n) is 5.66. The molecule has 3 rings (SSSR count). The fourth-order valence-electron chi connectivity index (χ4n) is 2.12. The van der Waals surface area contributed by atoms with Crippen LogP contribution in [0.5, 0.6) is 0 Å². The predicted molar refractivity (Wildman–Crippen MR) is 68.7 cm³/mol. The van der Waals surface area contributed by atoms with E-state index in [1.165, 1.54) is 11.1 Å². The molecule has 3 heteroatoms. The summed E-state index contributed by atoms with van der Waals surface area (Å²) in [7, 11) is 0. The van der Waals surface area contributed by atoms with Gasteiger partial charge in [0, 0.05) is 5.57 Å². The van der Waals surface area contributed by atoms with Crippen LogP contribution < -0.4 is 0 Å². The van der Waals surface area contributed by atoms with Crippen molar-refractivity contribution in [2.45, 2.75) is 18.7 Å². The Kier molecular flexibility index (Phi) is 2.73. The van der Waals surface area contributed by atoms with Crippen LogP contribution in [-0.2, 0) is 12.3 Å². The molecule has 17 heavy (non-hydrogen) atoms. The summed E-state index contributed by atoms with van der Waals surface area (Å²) in [4.78, 5) is 4.36. The number of aryl methyl sites for hydroxylation is 1. The van der Waals surface area contributed by atoms with Gasteiger partial charge in [-0.2, -0.15) is 0 Å². The Hall–Kier alpha value is -1.54. The highest BCUT2D eigenvalue weighted by Gasteiger charge is 2.15. The van der Waals surface area contributed by atoms with Crippen molar-refractivity contribution < 1.29 is 4.42 Å². The standard InChI is InChI=1S/C14H12ClNO/c15-8-13-9-17-14(16-13)12-6-5-10-3-1-2-4-11(10)7-12/h1-4,7,9H,5-6,8H2. The van der Waals surface area contributed by atoms with E-state index in [1.807, 2.05) is 0 Å². The number of hydrogen-bond acceptors (Lipinski definition) is 2. The third-order valence-electron chi connectivity index (χ3n) is 3.01. The van der Waals surface area contributed by atoms with E-state index in [4.69, 9.17) is 16.0 Å². The third kappa shape index (κ3) is 2.01. The molecule has 0 atom stereocenters. The van der Waals surface area contributed by atoms with Gasteiger partial charge in [-0.1, -0.05) is 24.3 Å². The summed E-state index contributed by atoms with van der Waals surface area (Å²) in [6.45, 7) is 0. The number of fused-ring (bicyclic) bond motifs is 1. The van der Waals surface area contributed by atoms with Gasteiger partial charge in [0.1, 0.15) is 6.26 Å². The fraction of sp³-hybridized carbons (Fsp3) is 0.214. The number of alkyl halides is 1. The molecule has 1 aromatic carbocycles. The van der Waals surface area contributed by atoms with E-state index in [0.29, 0.717) is 11.8 Å². The monoisotopic (exact) mass is 245 g/mol. The van der Waals surface area contributed by atoms with Crippen molar-refractivity contribution in [1.29, 1.82) is 0 Å². The molecule has 0 N–H and O–H groups in total. The van der Waals surface area contributed by atoms with Crippen molar-refractivity contribution in [3.63, 3.8) is 0 Å². The normalized spacial score (nSPS) is 14.3. The minimum Gasteiger partial charge on any atom is -0.444 e. The van der Waals surface area contributed by atoms with Gasteiger partial charge < -0.3 is 4.42 Å². The smallest absolute Gasteiger partial charge is 0.222 e. The predicted octanol–water partition coefficient (Wildman–Crippen LogP) is 3.90. The lowest BCUT2D eigenvalue weighted by Crippen LogP contribution is -1.98. The highest BCUT2D eigenvalue weighted by molar-refractivity contribution is 6.16. The maximum absolute atomic E-state index is 5.72. The molecule has 0 radical (unpaired) electrons. The summed E-state index contributed by atoms with van der Waals surface area (Å²) in [5.74, 6) is 1.10. The first-order chi connectivity index (χ1) is 8.36. The van der Waals surface area contributed by atoms with E-state index in [9.17, 15) is 0 Å². The molecule has 0 saturated heterocycles. The van der Waals surface area contributed by atoms with Crippen LogP contribution in [0.15, 0.2) is 34.9 Å². The van der Waals surface area contributed by atoms with Crippen LogP contribution in [0.3, 0.4) is 0 Å². The second-order valence-corrected chi connectivity index (χ2v) is 4.41. The van der Waals surface area contributed by atoms with Gasteiger partial charge in [-0.15, -0.1) is 11.6 Å². The maximum Gasteiger partial charge on any atom is 0.222 e. The lowest BCUT2D eigenvalue weighted by molar-refractivity contribution is 0.538. The second-order valence-electron chi connectivity index (χ2n) is 4.15. The average molecular weight is 246 g/mol. The first kappa shape index (κ1) is 10.6. The van der Waals surface area contributed by atoms with Gasteiger partial charge in [-0.25, -0.2) is 4.98 Å². The molecule has 0 aliphatic heterocycles. The summed E-state index contributed by atoms with van der Waals surface area (Å²) in [6.07, 6.45) is 5.80.